The lowest BCUT2D eigenvalue weighted by Gasteiger charge is -2.10. The van der Waals surface area contributed by atoms with Crippen LogP contribution in [0, 0.1) is 11.7 Å². The minimum absolute atomic E-state index is 0.0231. The minimum Gasteiger partial charge on any atom is -0.396 e. The zero-order chi connectivity index (χ0) is 12.8. The van der Waals surface area contributed by atoms with Crippen LogP contribution in [0.25, 0.3) is 0 Å². The van der Waals surface area contributed by atoms with E-state index < -0.39 is 0 Å². The molecule has 1 atom stereocenters. The van der Waals surface area contributed by atoms with Crippen LogP contribution < -0.4 is 5.32 Å². The Morgan fingerprint density at radius 2 is 2.29 bits per heavy atom. The van der Waals surface area contributed by atoms with Crippen LogP contribution in [-0.4, -0.2) is 24.2 Å². The summed E-state index contributed by atoms with van der Waals surface area (Å²) in [5.74, 6) is -0.522. The summed E-state index contributed by atoms with van der Waals surface area (Å²) in [7, 11) is 0. The van der Waals surface area contributed by atoms with Gasteiger partial charge in [-0.05, 0) is 29.7 Å². The van der Waals surface area contributed by atoms with Crippen LogP contribution in [0.15, 0.2) is 22.7 Å². The van der Waals surface area contributed by atoms with Gasteiger partial charge in [0, 0.05) is 17.6 Å². The van der Waals surface area contributed by atoms with E-state index in [1.54, 1.807) is 6.07 Å². The highest BCUT2D eigenvalue weighted by molar-refractivity contribution is 9.10. The summed E-state index contributed by atoms with van der Waals surface area (Å²) < 4.78 is 13.7. The monoisotopic (exact) mass is 303 g/mol. The largest absolute Gasteiger partial charge is 0.396 e. The Hall–Kier alpha value is -0.940. The van der Waals surface area contributed by atoms with Gasteiger partial charge in [-0.2, -0.15) is 0 Å². The van der Waals surface area contributed by atoms with Crippen molar-refractivity contribution in [3.63, 3.8) is 0 Å². The number of aliphatic hydroxyl groups excluding tert-OH is 1. The van der Waals surface area contributed by atoms with E-state index in [9.17, 15) is 9.18 Å². The van der Waals surface area contributed by atoms with Crippen molar-refractivity contribution >= 4 is 21.8 Å². The highest BCUT2D eigenvalue weighted by Crippen LogP contribution is 2.18. The number of nitrogens with one attached hydrogen (secondary N) is 1. The number of hydrogen-bond donors (Lipinski definition) is 2. The van der Waals surface area contributed by atoms with Crippen molar-refractivity contribution in [2.75, 3.05) is 13.2 Å². The van der Waals surface area contributed by atoms with E-state index in [-0.39, 0.29) is 30.7 Å². The Morgan fingerprint density at radius 3 is 2.94 bits per heavy atom. The summed E-state index contributed by atoms with van der Waals surface area (Å²) in [5, 5.41) is 11.5. The van der Waals surface area contributed by atoms with E-state index in [2.05, 4.69) is 21.2 Å². The number of aliphatic hydroxyl groups is 1. The van der Waals surface area contributed by atoms with Crippen molar-refractivity contribution < 1.29 is 14.3 Å². The fourth-order valence-corrected chi connectivity index (χ4v) is 1.65. The third-order valence-corrected chi connectivity index (χ3v) is 3.09. The molecule has 0 saturated carbocycles. The van der Waals surface area contributed by atoms with E-state index in [0.717, 1.165) is 0 Å². The molecule has 1 aromatic carbocycles. The van der Waals surface area contributed by atoms with Gasteiger partial charge in [-0.3, -0.25) is 4.79 Å². The van der Waals surface area contributed by atoms with Gasteiger partial charge in [-0.1, -0.05) is 22.9 Å². The standard InChI is InChI=1S/C12H15BrFNO2/c1-8(7-16)6-15-12(17)5-9-4-10(14)2-3-11(9)13/h2-4,8,16H,5-7H2,1H3,(H,15,17). The van der Waals surface area contributed by atoms with Crippen LogP contribution in [0.1, 0.15) is 12.5 Å². The molecule has 0 aromatic heterocycles. The zero-order valence-electron chi connectivity index (χ0n) is 9.54. The predicted molar refractivity (Wildman–Crippen MR) is 67.1 cm³/mol. The second-order valence-corrected chi connectivity index (χ2v) is 4.86. The van der Waals surface area contributed by atoms with Crippen LogP contribution in [0.3, 0.4) is 0 Å². The molecular formula is C12H15BrFNO2. The Kier molecular flexibility index (Phi) is 5.58. The SMILES string of the molecule is CC(CO)CNC(=O)Cc1cc(F)ccc1Br. The molecule has 0 aliphatic heterocycles. The average Bonchev–Trinajstić information content (AvgIpc) is 2.30. The van der Waals surface area contributed by atoms with Gasteiger partial charge >= 0.3 is 0 Å². The molecule has 0 radical (unpaired) electrons. The van der Waals surface area contributed by atoms with Crippen LogP contribution in [0.5, 0.6) is 0 Å². The minimum atomic E-state index is -0.361. The van der Waals surface area contributed by atoms with Gasteiger partial charge in [0.2, 0.25) is 5.91 Å². The first-order valence-corrected chi connectivity index (χ1v) is 6.13. The molecule has 2 N–H and O–H groups in total. The molecule has 1 aromatic rings. The molecule has 0 aliphatic carbocycles. The molecule has 0 saturated heterocycles. The summed E-state index contributed by atoms with van der Waals surface area (Å²) in [5.41, 5.74) is 0.610. The van der Waals surface area contributed by atoms with Crippen molar-refractivity contribution in [2.24, 2.45) is 5.92 Å². The van der Waals surface area contributed by atoms with Crippen molar-refractivity contribution in [3.8, 4) is 0 Å². The van der Waals surface area contributed by atoms with Crippen LogP contribution in [0.2, 0.25) is 0 Å². The van der Waals surface area contributed by atoms with Crippen molar-refractivity contribution in [2.45, 2.75) is 13.3 Å². The van der Waals surface area contributed by atoms with Crippen molar-refractivity contribution in [1.82, 2.24) is 5.32 Å². The Bertz CT molecular complexity index is 398. The second kappa shape index (κ2) is 6.71. The lowest BCUT2D eigenvalue weighted by molar-refractivity contribution is -0.120. The third kappa shape index (κ3) is 4.83. The van der Waals surface area contributed by atoms with Crippen LogP contribution in [-0.2, 0) is 11.2 Å². The molecule has 5 heteroatoms. The van der Waals surface area contributed by atoms with Gasteiger partial charge in [0.15, 0.2) is 0 Å². The van der Waals surface area contributed by atoms with E-state index in [1.165, 1.54) is 12.1 Å². The van der Waals surface area contributed by atoms with E-state index in [0.29, 0.717) is 16.6 Å². The topological polar surface area (TPSA) is 49.3 Å². The smallest absolute Gasteiger partial charge is 0.224 e. The van der Waals surface area contributed by atoms with Crippen LogP contribution >= 0.6 is 15.9 Å². The number of carbonyl (C=O) groups excluding carboxylic acids is 1. The number of halogens is 2. The van der Waals surface area contributed by atoms with Gasteiger partial charge in [-0.15, -0.1) is 0 Å². The first-order valence-electron chi connectivity index (χ1n) is 5.34. The third-order valence-electron chi connectivity index (χ3n) is 2.32. The predicted octanol–water partition coefficient (Wildman–Crippen LogP) is 1.88. The quantitative estimate of drug-likeness (QED) is 0.872. The molecule has 0 spiro atoms. The number of hydrogen-bond acceptors (Lipinski definition) is 2. The number of carbonyl (C=O) groups is 1. The normalized spacial score (nSPS) is 12.2. The Labute approximate surface area is 108 Å². The fourth-order valence-electron chi connectivity index (χ4n) is 1.27. The highest BCUT2D eigenvalue weighted by Gasteiger charge is 2.09. The van der Waals surface area contributed by atoms with Crippen molar-refractivity contribution in [1.29, 1.82) is 0 Å². The molecule has 0 heterocycles. The second-order valence-electron chi connectivity index (χ2n) is 4.00. The first-order chi connectivity index (χ1) is 8.02. The first kappa shape index (κ1) is 14.1. The molecule has 0 fully saturated rings. The highest BCUT2D eigenvalue weighted by atomic mass is 79.9. The summed E-state index contributed by atoms with van der Waals surface area (Å²) in [4.78, 5) is 11.6. The molecule has 0 bridgehead atoms. The number of rotatable bonds is 5. The maximum Gasteiger partial charge on any atom is 0.224 e. The molecule has 1 amide bonds. The Balaban J connectivity index is 2.53. The van der Waals surface area contributed by atoms with Crippen molar-refractivity contribution in [3.05, 3.63) is 34.1 Å². The fraction of sp³-hybridized carbons (Fsp3) is 0.417. The molecular weight excluding hydrogens is 289 g/mol. The van der Waals surface area contributed by atoms with E-state index >= 15 is 0 Å². The van der Waals surface area contributed by atoms with Gasteiger partial charge in [0.25, 0.3) is 0 Å². The Morgan fingerprint density at radius 1 is 1.59 bits per heavy atom. The average molecular weight is 304 g/mol. The van der Waals surface area contributed by atoms with Gasteiger partial charge in [-0.25, -0.2) is 4.39 Å². The molecule has 1 unspecified atom stereocenters. The van der Waals surface area contributed by atoms with E-state index in [1.807, 2.05) is 6.92 Å². The zero-order valence-corrected chi connectivity index (χ0v) is 11.1. The lowest BCUT2D eigenvalue weighted by atomic mass is 10.1. The van der Waals surface area contributed by atoms with Gasteiger partial charge in [0.1, 0.15) is 5.82 Å². The maximum absolute atomic E-state index is 13.0. The molecule has 3 nitrogen and oxygen atoms in total. The van der Waals surface area contributed by atoms with Gasteiger partial charge < -0.3 is 10.4 Å². The molecule has 17 heavy (non-hydrogen) atoms. The summed E-state index contributed by atoms with van der Waals surface area (Å²) in [6.45, 7) is 2.28. The lowest BCUT2D eigenvalue weighted by Crippen LogP contribution is -2.30. The summed E-state index contributed by atoms with van der Waals surface area (Å²) in [6, 6.07) is 4.24. The van der Waals surface area contributed by atoms with Crippen LogP contribution in [0.4, 0.5) is 4.39 Å². The molecule has 1 rings (SSSR count). The summed E-state index contributed by atoms with van der Waals surface area (Å²) >= 11 is 3.27. The number of benzene rings is 1. The van der Waals surface area contributed by atoms with Gasteiger partial charge in [0.05, 0.1) is 6.42 Å². The summed E-state index contributed by atoms with van der Waals surface area (Å²) in [6.07, 6.45) is 0.122. The number of amides is 1. The van der Waals surface area contributed by atoms with E-state index in [4.69, 9.17) is 5.11 Å². The molecule has 0 aliphatic rings. The molecule has 94 valence electrons. The maximum atomic E-state index is 13.0.